The summed E-state index contributed by atoms with van der Waals surface area (Å²) in [6.45, 7) is 1.09. The quantitative estimate of drug-likeness (QED) is 0.709. The highest BCUT2D eigenvalue weighted by atomic mass is 19.4. The Kier molecular flexibility index (Phi) is 2.93. The van der Waals surface area contributed by atoms with Gasteiger partial charge in [0, 0.05) is 12.7 Å². The highest BCUT2D eigenvalue weighted by molar-refractivity contribution is 5.93. The molecule has 1 aromatic heterocycles. The smallest absolute Gasteiger partial charge is 0.294 e. The molecule has 0 saturated heterocycles. The van der Waals surface area contributed by atoms with E-state index in [-0.39, 0.29) is 12.3 Å². The molecule has 0 aromatic carbocycles. The summed E-state index contributed by atoms with van der Waals surface area (Å²) in [6, 6.07) is 0. The Bertz CT molecular complexity index is 330. The minimum Gasteiger partial charge on any atom is -0.294 e. The van der Waals surface area contributed by atoms with Gasteiger partial charge in [0.15, 0.2) is 5.78 Å². The summed E-state index contributed by atoms with van der Waals surface area (Å²) in [7, 11) is 0. The number of ketones is 1. The van der Waals surface area contributed by atoms with E-state index in [0.29, 0.717) is 5.56 Å². The lowest BCUT2D eigenvalue weighted by Crippen LogP contribution is -2.12. The standard InChI is InChI=1S/C8H9F3N2O/c1-6(14)7-4-12-13(5-7)3-2-8(9,10)11/h4-5H,2-3H2,1H3. The average molecular weight is 206 g/mol. The van der Waals surface area contributed by atoms with Gasteiger partial charge >= 0.3 is 6.18 Å². The fourth-order valence-corrected chi connectivity index (χ4v) is 0.909. The molecule has 0 unspecified atom stereocenters. The van der Waals surface area contributed by atoms with E-state index in [9.17, 15) is 18.0 Å². The molecule has 0 radical (unpaired) electrons. The topological polar surface area (TPSA) is 34.9 Å². The molecule has 1 aromatic rings. The highest BCUT2D eigenvalue weighted by Crippen LogP contribution is 2.20. The fourth-order valence-electron chi connectivity index (χ4n) is 0.909. The molecule has 6 heteroatoms. The van der Waals surface area contributed by atoms with Crippen LogP contribution in [0.3, 0.4) is 0 Å². The average Bonchev–Trinajstić information content (AvgIpc) is 2.47. The second-order valence-electron chi connectivity index (χ2n) is 2.91. The zero-order chi connectivity index (χ0) is 10.8. The largest absolute Gasteiger partial charge is 0.390 e. The van der Waals surface area contributed by atoms with E-state index in [2.05, 4.69) is 5.10 Å². The number of aromatic nitrogens is 2. The second-order valence-corrected chi connectivity index (χ2v) is 2.91. The van der Waals surface area contributed by atoms with Crippen molar-refractivity contribution in [1.82, 2.24) is 9.78 Å². The fraction of sp³-hybridized carbons (Fsp3) is 0.500. The summed E-state index contributed by atoms with van der Waals surface area (Å²) in [5, 5.41) is 3.64. The van der Waals surface area contributed by atoms with E-state index in [1.807, 2.05) is 0 Å². The lowest BCUT2D eigenvalue weighted by Gasteiger charge is -2.05. The van der Waals surface area contributed by atoms with Gasteiger partial charge in [-0.3, -0.25) is 9.48 Å². The van der Waals surface area contributed by atoms with Crippen LogP contribution in [0.15, 0.2) is 12.4 Å². The molecule has 0 fully saturated rings. The predicted octanol–water partition coefficient (Wildman–Crippen LogP) is 2.04. The van der Waals surface area contributed by atoms with Crippen molar-refractivity contribution < 1.29 is 18.0 Å². The number of nitrogens with zero attached hydrogens (tertiary/aromatic N) is 2. The Morgan fingerprint density at radius 2 is 2.21 bits per heavy atom. The Hall–Kier alpha value is -1.33. The SMILES string of the molecule is CC(=O)c1cnn(CCC(F)(F)F)c1. The van der Waals surface area contributed by atoms with E-state index < -0.39 is 12.6 Å². The van der Waals surface area contributed by atoms with Crippen molar-refractivity contribution in [3.8, 4) is 0 Å². The van der Waals surface area contributed by atoms with Crippen LogP contribution >= 0.6 is 0 Å². The van der Waals surface area contributed by atoms with E-state index in [0.717, 1.165) is 4.68 Å². The van der Waals surface area contributed by atoms with Crippen molar-refractivity contribution in [2.75, 3.05) is 0 Å². The molecule has 0 aliphatic carbocycles. The Balaban J connectivity index is 2.56. The lowest BCUT2D eigenvalue weighted by atomic mass is 10.3. The van der Waals surface area contributed by atoms with Crippen molar-refractivity contribution in [2.45, 2.75) is 26.1 Å². The van der Waals surface area contributed by atoms with Crippen molar-refractivity contribution in [2.24, 2.45) is 0 Å². The maximum Gasteiger partial charge on any atom is 0.390 e. The molecule has 0 N–H and O–H groups in total. The lowest BCUT2D eigenvalue weighted by molar-refractivity contribution is -0.137. The van der Waals surface area contributed by atoms with Crippen LogP contribution in [0.1, 0.15) is 23.7 Å². The monoisotopic (exact) mass is 206 g/mol. The van der Waals surface area contributed by atoms with Crippen molar-refractivity contribution in [3.05, 3.63) is 18.0 Å². The van der Waals surface area contributed by atoms with E-state index in [4.69, 9.17) is 0 Å². The van der Waals surface area contributed by atoms with Crippen LogP contribution in [0.4, 0.5) is 13.2 Å². The number of carbonyl (C=O) groups excluding carboxylic acids is 1. The van der Waals surface area contributed by atoms with Crippen LogP contribution in [0.2, 0.25) is 0 Å². The predicted molar refractivity (Wildman–Crippen MR) is 42.9 cm³/mol. The minimum atomic E-state index is -4.19. The van der Waals surface area contributed by atoms with Gasteiger partial charge in [0.05, 0.1) is 18.2 Å². The summed E-state index contributed by atoms with van der Waals surface area (Å²) in [5.41, 5.74) is 0.326. The summed E-state index contributed by atoms with van der Waals surface area (Å²) in [5.74, 6) is -0.205. The van der Waals surface area contributed by atoms with Gasteiger partial charge in [-0.15, -0.1) is 0 Å². The zero-order valence-corrected chi connectivity index (χ0v) is 7.51. The van der Waals surface area contributed by atoms with E-state index in [1.165, 1.54) is 19.3 Å². The van der Waals surface area contributed by atoms with Gasteiger partial charge < -0.3 is 0 Å². The van der Waals surface area contributed by atoms with Crippen LogP contribution in [-0.4, -0.2) is 21.7 Å². The molecule has 0 bridgehead atoms. The van der Waals surface area contributed by atoms with E-state index in [1.54, 1.807) is 0 Å². The van der Waals surface area contributed by atoms with Crippen LogP contribution in [0, 0.1) is 0 Å². The first-order chi connectivity index (χ1) is 6.38. The van der Waals surface area contributed by atoms with Gasteiger partial charge in [0.2, 0.25) is 0 Å². The number of Topliss-reactive ketones (excluding diaryl/α,β-unsaturated/α-hetero) is 1. The maximum atomic E-state index is 11.8. The van der Waals surface area contributed by atoms with Gasteiger partial charge in [-0.2, -0.15) is 18.3 Å². The van der Waals surface area contributed by atoms with Gasteiger partial charge in [-0.25, -0.2) is 0 Å². The molecule has 78 valence electrons. The van der Waals surface area contributed by atoms with Crippen LogP contribution in [0.5, 0.6) is 0 Å². The number of halogens is 3. The summed E-state index contributed by atoms with van der Waals surface area (Å²) in [6.07, 6.45) is -2.55. The van der Waals surface area contributed by atoms with Crippen molar-refractivity contribution >= 4 is 5.78 Å². The number of aryl methyl sites for hydroxylation is 1. The van der Waals surface area contributed by atoms with Gasteiger partial charge in [-0.1, -0.05) is 0 Å². The molecular formula is C8H9F3N2O. The Morgan fingerprint density at radius 3 is 2.64 bits per heavy atom. The third-order valence-electron chi connectivity index (χ3n) is 1.66. The van der Waals surface area contributed by atoms with Gasteiger partial charge in [0.25, 0.3) is 0 Å². The summed E-state index contributed by atoms with van der Waals surface area (Å²) < 4.78 is 36.5. The number of alkyl halides is 3. The molecular weight excluding hydrogens is 197 g/mol. The summed E-state index contributed by atoms with van der Waals surface area (Å²) >= 11 is 0. The molecule has 0 aliphatic heterocycles. The molecule has 0 spiro atoms. The molecule has 0 amide bonds. The minimum absolute atomic E-state index is 0.205. The molecule has 0 aliphatic rings. The van der Waals surface area contributed by atoms with Crippen LogP contribution in [0.25, 0.3) is 0 Å². The normalized spacial score (nSPS) is 11.7. The summed E-state index contributed by atoms with van der Waals surface area (Å²) in [4.78, 5) is 10.8. The Labute approximate surface area is 78.5 Å². The number of hydrogen-bond acceptors (Lipinski definition) is 2. The first kappa shape index (κ1) is 10.7. The highest BCUT2D eigenvalue weighted by Gasteiger charge is 2.26. The molecule has 14 heavy (non-hydrogen) atoms. The van der Waals surface area contributed by atoms with Gasteiger partial charge in [0.1, 0.15) is 0 Å². The van der Waals surface area contributed by atoms with Crippen molar-refractivity contribution in [1.29, 1.82) is 0 Å². The van der Waals surface area contributed by atoms with Crippen molar-refractivity contribution in [3.63, 3.8) is 0 Å². The van der Waals surface area contributed by atoms with E-state index >= 15 is 0 Å². The third-order valence-corrected chi connectivity index (χ3v) is 1.66. The maximum absolute atomic E-state index is 11.8. The Morgan fingerprint density at radius 1 is 1.57 bits per heavy atom. The molecule has 0 atom stereocenters. The van der Waals surface area contributed by atoms with Crippen LogP contribution < -0.4 is 0 Å². The molecule has 0 saturated carbocycles. The molecule has 3 nitrogen and oxygen atoms in total. The van der Waals surface area contributed by atoms with Gasteiger partial charge in [-0.05, 0) is 6.92 Å². The number of hydrogen-bond donors (Lipinski definition) is 0. The molecule has 1 rings (SSSR count). The van der Waals surface area contributed by atoms with Crippen LogP contribution in [-0.2, 0) is 6.54 Å². The molecule has 1 heterocycles. The number of rotatable bonds is 3. The number of carbonyl (C=O) groups is 1. The zero-order valence-electron chi connectivity index (χ0n) is 7.51. The first-order valence-electron chi connectivity index (χ1n) is 3.98. The second kappa shape index (κ2) is 3.81. The third kappa shape index (κ3) is 3.20. The first-order valence-corrected chi connectivity index (χ1v) is 3.98.